The predicted octanol–water partition coefficient (Wildman–Crippen LogP) is 2.04. The van der Waals surface area contributed by atoms with E-state index in [1.807, 2.05) is 13.8 Å². The number of ketones is 1. The summed E-state index contributed by atoms with van der Waals surface area (Å²) in [7, 11) is 0. The zero-order chi connectivity index (χ0) is 16.0. The van der Waals surface area contributed by atoms with Crippen molar-refractivity contribution in [2.45, 2.75) is 52.2 Å². The molecule has 0 aromatic carbocycles. The van der Waals surface area contributed by atoms with Crippen LogP contribution >= 0.6 is 0 Å². The highest BCUT2D eigenvalue weighted by Crippen LogP contribution is 2.48. The highest BCUT2D eigenvalue weighted by atomic mass is 16.6. The van der Waals surface area contributed by atoms with Crippen molar-refractivity contribution in [2.75, 3.05) is 0 Å². The lowest BCUT2D eigenvalue weighted by molar-refractivity contribution is -0.165. The summed E-state index contributed by atoms with van der Waals surface area (Å²) in [5, 5.41) is 0. The first kappa shape index (κ1) is 15.7. The molecule has 1 aliphatic carbocycles. The molecule has 0 bridgehead atoms. The summed E-state index contributed by atoms with van der Waals surface area (Å²) in [4.78, 5) is 36.3. The summed E-state index contributed by atoms with van der Waals surface area (Å²) >= 11 is 0. The lowest BCUT2D eigenvalue weighted by atomic mass is 9.69. The van der Waals surface area contributed by atoms with Crippen molar-refractivity contribution in [1.29, 1.82) is 0 Å². The summed E-state index contributed by atoms with van der Waals surface area (Å²) in [6, 6.07) is 0. The van der Waals surface area contributed by atoms with Crippen molar-refractivity contribution >= 4 is 17.7 Å². The van der Waals surface area contributed by atoms with Crippen LogP contribution in [0.5, 0.6) is 0 Å². The molecule has 3 atom stereocenters. The SMILES string of the molecule is CC(C)[C@@]12C=CC(=O)C[C@@H]1[C@@H](C(=O)OC(C)(C)C)C(=O)O2. The third-order valence-corrected chi connectivity index (χ3v) is 4.03. The fourth-order valence-electron chi connectivity index (χ4n) is 3.05. The molecule has 5 nitrogen and oxygen atoms in total. The molecule has 21 heavy (non-hydrogen) atoms. The zero-order valence-electron chi connectivity index (χ0n) is 13.1. The third-order valence-electron chi connectivity index (χ3n) is 4.03. The first-order valence-electron chi connectivity index (χ1n) is 7.24. The highest BCUT2D eigenvalue weighted by Gasteiger charge is 2.60. The van der Waals surface area contributed by atoms with Crippen molar-refractivity contribution in [2.24, 2.45) is 17.8 Å². The summed E-state index contributed by atoms with van der Waals surface area (Å²) in [6.07, 6.45) is 3.21. The first-order chi connectivity index (χ1) is 9.57. The van der Waals surface area contributed by atoms with Crippen LogP contribution in [0.4, 0.5) is 0 Å². The normalized spacial score (nSPS) is 32.1. The Morgan fingerprint density at radius 2 is 2.00 bits per heavy atom. The molecule has 1 saturated heterocycles. The molecule has 5 heteroatoms. The van der Waals surface area contributed by atoms with Gasteiger partial charge in [0, 0.05) is 12.3 Å². The number of carbonyl (C=O) groups excluding carboxylic acids is 3. The van der Waals surface area contributed by atoms with Gasteiger partial charge in [0.15, 0.2) is 11.7 Å². The van der Waals surface area contributed by atoms with Gasteiger partial charge in [-0.05, 0) is 38.8 Å². The van der Waals surface area contributed by atoms with E-state index in [0.717, 1.165) is 0 Å². The molecule has 1 fully saturated rings. The second-order valence-corrected chi connectivity index (χ2v) is 7.05. The van der Waals surface area contributed by atoms with E-state index in [1.54, 1.807) is 26.8 Å². The van der Waals surface area contributed by atoms with Crippen LogP contribution in [0, 0.1) is 17.8 Å². The molecule has 1 heterocycles. The van der Waals surface area contributed by atoms with Gasteiger partial charge in [-0.1, -0.05) is 13.8 Å². The lowest BCUT2D eigenvalue weighted by Crippen LogP contribution is -2.45. The van der Waals surface area contributed by atoms with E-state index >= 15 is 0 Å². The molecule has 1 aliphatic heterocycles. The van der Waals surface area contributed by atoms with Gasteiger partial charge in [-0.2, -0.15) is 0 Å². The number of fused-ring (bicyclic) bond motifs is 1. The van der Waals surface area contributed by atoms with Crippen molar-refractivity contribution in [3.63, 3.8) is 0 Å². The van der Waals surface area contributed by atoms with E-state index in [4.69, 9.17) is 9.47 Å². The minimum atomic E-state index is -1.03. The van der Waals surface area contributed by atoms with Gasteiger partial charge in [-0.3, -0.25) is 14.4 Å². The van der Waals surface area contributed by atoms with Crippen LogP contribution in [-0.4, -0.2) is 28.9 Å². The summed E-state index contributed by atoms with van der Waals surface area (Å²) < 4.78 is 10.9. The third kappa shape index (κ3) is 2.74. The molecular formula is C16H22O5. The maximum Gasteiger partial charge on any atom is 0.321 e. The number of esters is 2. The molecule has 0 spiro atoms. The van der Waals surface area contributed by atoms with Crippen molar-refractivity contribution < 1.29 is 23.9 Å². The minimum Gasteiger partial charge on any atom is -0.459 e. The standard InChI is InChI=1S/C16H22O5/c1-9(2)16-7-6-10(17)8-11(16)12(14(19)21-16)13(18)20-15(3,4)5/h6-7,9,11-12H,8H2,1-5H3/t11-,12+,16+/m1/s1. The molecule has 0 radical (unpaired) electrons. The quantitative estimate of drug-likeness (QED) is 0.576. The Bertz CT molecular complexity index is 511. The Balaban J connectivity index is 2.36. The van der Waals surface area contributed by atoms with Gasteiger partial charge < -0.3 is 9.47 Å². The maximum absolute atomic E-state index is 12.3. The van der Waals surface area contributed by atoms with E-state index in [-0.39, 0.29) is 18.1 Å². The lowest BCUT2D eigenvalue weighted by Gasteiger charge is -2.37. The van der Waals surface area contributed by atoms with Crippen LogP contribution in [0.25, 0.3) is 0 Å². The largest absolute Gasteiger partial charge is 0.459 e. The Labute approximate surface area is 124 Å². The van der Waals surface area contributed by atoms with Crippen molar-refractivity contribution in [3.05, 3.63) is 12.2 Å². The molecule has 0 aromatic heterocycles. The van der Waals surface area contributed by atoms with Crippen LogP contribution in [0.2, 0.25) is 0 Å². The second-order valence-electron chi connectivity index (χ2n) is 7.05. The average Bonchev–Trinajstić information content (AvgIpc) is 2.59. The fourth-order valence-corrected chi connectivity index (χ4v) is 3.05. The van der Waals surface area contributed by atoms with Crippen molar-refractivity contribution in [3.8, 4) is 0 Å². The van der Waals surface area contributed by atoms with Gasteiger partial charge in [0.1, 0.15) is 11.2 Å². The Hall–Kier alpha value is -1.65. The molecule has 0 aromatic rings. The molecule has 2 rings (SSSR count). The van der Waals surface area contributed by atoms with E-state index in [1.165, 1.54) is 6.08 Å². The second kappa shape index (κ2) is 4.97. The van der Waals surface area contributed by atoms with Crippen molar-refractivity contribution in [1.82, 2.24) is 0 Å². The monoisotopic (exact) mass is 294 g/mol. The van der Waals surface area contributed by atoms with Crippen LogP contribution in [0.15, 0.2) is 12.2 Å². The number of hydrogen-bond acceptors (Lipinski definition) is 5. The van der Waals surface area contributed by atoms with E-state index in [0.29, 0.717) is 0 Å². The number of allylic oxidation sites excluding steroid dienone is 1. The summed E-state index contributed by atoms with van der Waals surface area (Å²) in [5.74, 6) is -2.84. The van der Waals surface area contributed by atoms with Gasteiger partial charge in [0.05, 0.1) is 0 Å². The van der Waals surface area contributed by atoms with Gasteiger partial charge in [-0.25, -0.2) is 0 Å². The minimum absolute atomic E-state index is 0.0248. The first-order valence-corrected chi connectivity index (χ1v) is 7.24. The van der Waals surface area contributed by atoms with Crippen LogP contribution in [-0.2, 0) is 23.9 Å². The van der Waals surface area contributed by atoms with Crippen LogP contribution in [0.1, 0.15) is 41.0 Å². The van der Waals surface area contributed by atoms with E-state index in [2.05, 4.69) is 0 Å². The predicted molar refractivity (Wildman–Crippen MR) is 75.3 cm³/mol. The molecule has 0 saturated carbocycles. The molecule has 2 aliphatic rings. The van der Waals surface area contributed by atoms with Gasteiger partial charge >= 0.3 is 11.9 Å². The van der Waals surface area contributed by atoms with E-state index < -0.39 is 35.0 Å². The number of carbonyl (C=O) groups is 3. The fraction of sp³-hybridized carbons (Fsp3) is 0.688. The zero-order valence-corrected chi connectivity index (χ0v) is 13.1. The molecular weight excluding hydrogens is 272 g/mol. The Morgan fingerprint density at radius 1 is 1.38 bits per heavy atom. The number of ether oxygens (including phenoxy) is 2. The maximum atomic E-state index is 12.3. The van der Waals surface area contributed by atoms with Gasteiger partial charge in [0.25, 0.3) is 0 Å². The number of hydrogen-bond donors (Lipinski definition) is 0. The summed E-state index contributed by atoms with van der Waals surface area (Å²) in [5.41, 5.74) is -1.57. The van der Waals surface area contributed by atoms with Crippen LogP contribution < -0.4 is 0 Å². The Morgan fingerprint density at radius 3 is 2.52 bits per heavy atom. The smallest absolute Gasteiger partial charge is 0.321 e. The highest BCUT2D eigenvalue weighted by molar-refractivity contribution is 6.00. The van der Waals surface area contributed by atoms with Crippen LogP contribution in [0.3, 0.4) is 0 Å². The Kier molecular flexibility index (Phi) is 3.72. The molecule has 0 unspecified atom stereocenters. The summed E-state index contributed by atoms with van der Waals surface area (Å²) in [6.45, 7) is 9.06. The van der Waals surface area contributed by atoms with Gasteiger partial charge in [-0.15, -0.1) is 0 Å². The number of rotatable bonds is 2. The topological polar surface area (TPSA) is 69.7 Å². The average molecular weight is 294 g/mol. The van der Waals surface area contributed by atoms with Gasteiger partial charge in [0.2, 0.25) is 0 Å². The molecule has 116 valence electrons. The molecule has 0 N–H and O–H groups in total. The van der Waals surface area contributed by atoms with E-state index in [9.17, 15) is 14.4 Å². The molecule has 0 amide bonds.